The zero-order chi connectivity index (χ0) is 19.3. The number of rotatable bonds is 3. The van der Waals surface area contributed by atoms with Crippen LogP contribution in [0.1, 0.15) is 42.8 Å². The van der Waals surface area contributed by atoms with E-state index in [-0.39, 0.29) is 16.8 Å². The molecule has 7 nitrogen and oxygen atoms in total. The molecule has 0 spiro atoms. The first-order valence-corrected chi connectivity index (χ1v) is 11.1. The van der Waals surface area contributed by atoms with Crippen molar-refractivity contribution in [2.24, 2.45) is 0 Å². The lowest BCUT2D eigenvalue weighted by atomic mass is 10.1. The van der Waals surface area contributed by atoms with E-state index in [0.717, 1.165) is 18.4 Å². The summed E-state index contributed by atoms with van der Waals surface area (Å²) in [5.41, 5.74) is 2.29. The normalized spacial score (nSPS) is 20.3. The molecule has 1 aromatic carbocycles. The molecule has 9 heteroatoms. The van der Waals surface area contributed by atoms with Gasteiger partial charge in [0.25, 0.3) is 0 Å². The average Bonchev–Trinajstić information content (AvgIpc) is 3.31. The lowest BCUT2D eigenvalue weighted by molar-refractivity contribution is -0.116. The van der Waals surface area contributed by atoms with Gasteiger partial charge >= 0.3 is 0 Å². The van der Waals surface area contributed by atoms with Crippen LogP contribution >= 0.6 is 15.9 Å². The molecular formula is C18H20BrN3O4S. The first-order chi connectivity index (χ1) is 12.8. The number of carbonyl (C=O) groups is 1. The smallest absolute Gasteiger partial charge is 0.244 e. The van der Waals surface area contributed by atoms with Gasteiger partial charge in [0.15, 0.2) is 0 Å². The Morgan fingerprint density at radius 3 is 2.74 bits per heavy atom. The number of hydrogen-bond acceptors (Lipinski definition) is 5. The van der Waals surface area contributed by atoms with Gasteiger partial charge < -0.3 is 9.42 Å². The van der Waals surface area contributed by atoms with E-state index in [1.54, 1.807) is 24.0 Å². The molecule has 1 fully saturated rings. The summed E-state index contributed by atoms with van der Waals surface area (Å²) in [6, 6.07) is 4.88. The Morgan fingerprint density at radius 1 is 1.30 bits per heavy atom. The number of aromatic nitrogens is 1. The Morgan fingerprint density at radius 2 is 2.07 bits per heavy atom. The van der Waals surface area contributed by atoms with Crippen LogP contribution in [0.4, 0.5) is 5.69 Å². The highest BCUT2D eigenvalue weighted by molar-refractivity contribution is 9.10. The number of amides is 1. The van der Waals surface area contributed by atoms with Gasteiger partial charge in [-0.25, -0.2) is 8.42 Å². The van der Waals surface area contributed by atoms with Crippen molar-refractivity contribution < 1.29 is 17.7 Å². The van der Waals surface area contributed by atoms with Gasteiger partial charge in [-0.05, 0) is 59.8 Å². The molecule has 2 aliphatic heterocycles. The van der Waals surface area contributed by atoms with E-state index < -0.39 is 10.0 Å². The van der Waals surface area contributed by atoms with E-state index in [9.17, 15) is 13.2 Å². The van der Waals surface area contributed by atoms with Crippen molar-refractivity contribution in [3.05, 3.63) is 39.7 Å². The maximum Gasteiger partial charge on any atom is 0.244 e. The summed E-state index contributed by atoms with van der Waals surface area (Å²) >= 11 is 3.43. The van der Waals surface area contributed by atoms with Crippen LogP contribution in [0.3, 0.4) is 0 Å². The monoisotopic (exact) mass is 453 g/mol. The van der Waals surface area contributed by atoms with Gasteiger partial charge in [-0.1, -0.05) is 5.16 Å². The van der Waals surface area contributed by atoms with Gasteiger partial charge in [-0.3, -0.25) is 4.79 Å². The van der Waals surface area contributed by atoms with Crippen LogP contribution in [0.2, 0.25) is 0 Å². The Hall–Kier alpha value is -1.71. The van der Waals surface area contributed by atoms with E-state index in [1.165, 1.54) is 11.2 Å². The number of nitrogens with zero attached hydrogens (tertiary/aromatic N) is 3. The molecule has 4 rings (SSSR count). The molecule has 1 aromatic heterocycles. The molecule has 2 aliphatic rings. The van der Waals surface area contributed by atoms with Crippen LogP contribution in [0.5, 0.6) is 0 Å². The number of carbonyl (C=O) groups excluding carboxylic acids is 1. The van der Waals surface area contributed by atoms with Gasteiger partial charge in [0.2, 0.25) is 15.9 Å². The fourth-order valence-electron chi connectivity index (χ4n) is 3.91. The second-order valence-corrected chi connectivity index (χ2v) is 9.68. The first-order valence-electron chi connectivity index (χ1n) is 8.84. The van der Waals surface area contributed by atoms with E-state index in [1.807, 2.05) is 6.07 Å². The van der Waals surface area contributed by atoms with E-state index in [0.29, 0.717) is 41.1 Å². The van der Waals surface area contributed by atoms with Crippen LogP contribution < -0.4 is 4.90 Å². The van der Waals surface area contributed by atoms with Crippen LogP contribution in [-0.2, 0) is 21.2 Å². The number of aryl methyl sites for hydroxylation is 1. The highest BCUT2D eigenvalue weighted by Gasteiger charge is 2.39. The quantitative estimate of drug-likeness (QED) is 0.712. The molecule has 0 saturated carbocycles. The molecule has 1 saturated heterocycles. The van der Waals surface area contributed by atoms with Crippen molar-refractivity contribution in [2.45, 2.75) is 44.0 Å². The Balaban J connectivity index is 1.76. The van der Waals surface area contributed by atoms with Crippen molar-refractivity contribution in [1.82, 2.24) is 9.46 Å². The molecule has 144 valence electrons. The number of anilines is 1. The summed E-state index contributed by atoms with van der Waals surface area (Å²) < 4.78 is 34.1. The maximum absolute atomic E-state index is 13.5. The third-order valence-corrected chi connectivity index (χ3v) is 8.05. The van der Waals surface area contributed by atoms with Gasteiger partial charge in [-0.2, -0.15) is 4.31 Å². The zero-order valence-electron chi connectivity index (χ0n) is 15.1. The van der Waals surface area contributed by atoms with Gasteiger partial charge in [0.1, 0.15) is 11.5 Å². The molecule has 27 heavy (non-hydrogen) atoms. The van der Waals surface area contributed by atoms with Crippen LogP contribution in [0.25, 0.3) is 0 Å². The number of sulfonamides is 1. The molecule has 3 heterocycles. The average molecular weight is 454 g/mol. The summed E-state index contributed by atoms with van der Waals surface area (Å²) in [4.78, 5) is 13.7. The molecule has 0 bridgehead atoms. The SMILES string of the molecule is CC(=O)N1CCc2cc(Br)c(S(=O)(=O)N3CCCC3c3cc(C)on3)cc21. The highest BCUT2D eigenvalue weighted by Crippen LogP contribution is 2.41. The van der Waals surface area contributed by atoms with Crippen molar-refractivity contribution in [2.75, 3.05) is 18.0 Å². The third kappa shape index (κ3) is 3.11. The van der Waals surface area contributed by atoms with E-state index in [2.05, 4.69) is 21.1 Å². The summed E-state index contributed by atoms with van der Waals surface area (Å²) in [5, 5.41) is 4.03. The molecule has 0 radical (unpaired) electrons. The number of fused-ring (bicyclic) bond motifs is 1. The van der Waals surface area contributed by atoms with Crippen LogP contribution in [0.15, 0.2) is 32.1 Å². The fourth-order valence-corrected chi connectivity index (χ4v) is 6.65. The fraction of sp³-hybridized carbons (Fsp3) is 0.444. The van der Waals surface area contributed by atoms with Gasteiger partial charge in [0, 0.05) is 36.2 Å². The van der Waals surface area contributed by atoms with Crippen LogP contribution in [-0.4, -0.2) is 36.9 Å². The minimum absolute atomic E-state index is 0.0865. The summed E-state index contributed by atoms with van der Waals surface area (Å²) in [5.74, 6) is 0.571. The van der Waals surface area contributed by atoms with Crippen LogP contribution in [0, 0.1) is 6.92 Å². The zero-order valence-corrected chi connectivity index (χ0v) is 17.5. The maximum atomic E-state index is 13.5. The van der Waals surface area contributed by atoms with Crippen molar-refractivity contribution in [3.8, 4) is 0 Å². The van der Waals surface area contributed by atoms with Crippen molar-refractivity contribution >= 4 is 37.5 Å². The molecule has 0 N–H and O–H groups in total. The Labute approximate surface area is 166 Å². The van der Waals surface area contributed by atoms with E-state index in [4.69, 9.17) is 4.52 Å². The molecule has 2 aromatic rings. The number of hydrogen-bond donors (Lipinski definition) is 0. The lowest BCUT2D eigenvalue weighted by Crippen LogP contribution is -2.31. The topological polar surface area (TPSA) is 83.7 Å². The summed E-state index contributed by atoms with van der Waals surface area (Å²) in [7, 11) is -3.76. The van der Waals surface area contributed by atoms with Gasteiger partial charge in [-0.15, -0.1) is 0 Å². The Kier molecular flexibility index (Phi) is 4.64. The van der Waals surface area contributed by atoms with E-state index >= 15 is 0 Å². The molecule has 1 amide bonds. The largest absolute Gasteiger partial charge is 0.361 e. The van der Waals surface area contributed by atoms with Crippen molar-refractivity contribution in [3.63, 3.8) is 0 Å². The minimum atomic E-state index is -3.76. The molecule has 0 aliphatic carbocycles. The minimum Gasteiger partial charge on any atom is -0.361 e. The molecular weight excluding hydrogens is 434 g/mol. The van der Waals surface area contributed by atoms with Gasteiger partial charge in [0.05, 0.1) is 10.9 Å². The number of halogens is 1. The predicted octanol–water partition coefficient (Wildman–Crippen LogP) is 3.18. The molecule has 1 unspecified atom stereocenters. The third-order valence-electron chi connectivity index (χ3n) is 5.19. The predicted molar refractivity (Wildman–Crippen MR) is 103 cm³/mol. The lowest BCUT2D eigenvalue weighted by Gasteiger charge is -2.24. The Bertz CT molecular complexity index is 1020. The second kappa shape index (κ2) is 6.72. The standard InChI is InChI=1S/C18H20BrN3O4S/c1-11-8-15(20-26-11)16-4-3-6-22(16)27(24,25)18-10-17-13(9-14(18)19)5-7-21(17)12(2)23/h8-10,16H,3-7H2,1-2H3. The first kappa shape index (κ1) is 18.6. The summed E-state index contributed by atoms with van der Waals surface area (Å²) in [6.45, 7) is 4.29. The van der Waals surface area contributed by atoms with Crippen molar-refractivity contribution in [1.29, 1.82) is 0 Å². The highest BCUT2D eigenvalue weighted by atomic mass is 79.9. The summed E-state index contributed by atoms with van der Waals surface area (Å²) in [6.07, 6.45) is 2.18. The number of benzene rings is 1. The molecule has 1 atom stereocenters. The second-order valence-electron chi connectivity index (χ2n) is 6.97.